The summed E-state index contributed by atoms with van der Waals surface area (Å²) >= 11 is 0. The van der Waals surface area contributed by atoms with Crippen molar-refractivity contribution < 1.29 is 22.6 Å². The third-order valence-electron chi connectivity index (χ3n) is 5.66. The molecule has 4 rings (SSSR count). The largest absolute Gasteiger partial charge is 0.573 e. The summed E-state index contributed by atoms with van der Waals surface area (Å²) < 4.78 is 47.6. The molecule has 6 nitrogen and oxygen atoms in total. The number of alkyl halides is 3. The Hall–Kier alpha value is -2.78. The number of hydrogen-bond acceptors (Lipinski definition) is 6. The first-order valence-electron chi connectivity index (χ1n) is 10.7. The zero-order chi connectivity index (χ0) is 22.6. The number of anilines is 1. The maximum Gasteiger partial charge on any atom is 0.573 e. The Kier molecular flexibility index (Phi) is 6.86. The lowest BCUT2D eigenvalue weighted by atomic mass is 10.2. The molecule has 32 heavy (non-hydrogen) atoms. The van der Waals surface area contributed by atoms with Crippen LogP contribution in [-0.2, 0) is 4.74 Å². The summed E-state index contributed by atoms with van der Waals surface area (Å²) in [6, 6.07) is 9.76. The van der Waals surface area contributed by atoms with Gasteiger partial charge in [0.2, 0.25) is 0 Å². The van der Waals surface area contributed by atoms with Gasteiger partial charge in [0.05, 0.1) is 13.3 Å². The van der Waals surface area contributed by atoms with Crippen molar-refractivity contribution in [3.63, 3.8) is 0 Å². The number of ether oxygens (including phenoxy) is 2. The van der Waals surface area contributed by atoms with Crippen LogP contribution in [0, 0.1) is 0 Å². The van der Waals surface area contributed by atoms with E-state index in [-0.39, 0.29) is 12.0 Å². The third-order valence-corrected chi connectivity index (χ3v) is 5.66. The molecule has 2 aliphatic heterocycles. The summed E-state index contributed by atoms with van der Waals surface area (Å²) in [6.45, 7) is 6.26. The molecule has 2 aromatic rings. The van der Waals surface area contributed by atoms with Gasteiger partial charge in [-0.25, -0.2) is 0 Å². The molecular formula is C23H27F3N4O2. The molecule has 1 fully saturated rings. The molecule has 1 unspecified atom stereocenters. The molecule has 0 radical (unpaired) electrons. The van der Waals surface area contributed by atoms with Crippen molar-refractivity contribution in [2.24, 2.45) is 0 Å². The van der Waals surface area contributed by atoms with Gasteiger partial charge in [0, 0.05) is 42.1 Å². The fourth-order valence-corrected chi connectivity index (χ4v) is 4.06. The molecule has 172 valence electrons. The van der Waals surface area contributed by atoms with Crippen LogP contribution in [0.5, 0.6) is 5.75 Å². The second-order valence-corrected chi connectivity index (χ2v) is 7.95. The zero-order valence-electron chi connectivity index (χ0n) is 18.0. The molecule has 0 aliphatic carbocycles. The fourth-order valence-electron chi connectivity index (χ4n) is 4.06. The minimum atomic E-state index is -4.70. The quantitative estimate of drug-likeness (QED) is 0.582. The molecule has 9 heteroatoms. The van der Waals surface area contributed by atoms with Gasteiger partial charge >= 0.3 is 6.36 Å². The van der Waals surface area contributed by atoms with E-state index in [0.717, 1.165) is 36.6 Å². The van der Waals surface area contributed by atoms with E-state index in [1.54, 1.807) is 24.5 Å². The van der Waals surface area contributed by atoms with Gasteiger partial charge in [0.25, 0.3) is 0 Å². The molecule has 1 saturated heterocycles. The van der Waals surface area contributed by atoms with Crippen LogP contribution in [0.15, 0.2) is 60.7 Å². The van der Waals surface area contributed by atoms with Gasteiger partial charge < -0.3 is 24.2 Å². The van der Waals surface area contributed by atoms with E-state index in [4.69, 9.17) is 4.74 Å². The van der Waals surface area contributed by atoms with Crippen LogP contribution in [0.25, 0.3) is 0 Å². The summed E-state index contributed by atoms with van der Waals surface area (Å²) in [5, 5.41) is 0. The lowest BCUT2D eigenvalue weighted by Gasteiger charge is -2.32. The molecule has 3 heterocycles. The monoisotopic (exact) mass is 448 g/mol. The number of benzene rings is 1. The molecular weight excluding hydrogens is 421 g/mol. The molecule has 2 aliphatic rings. The average molecular weight is 448 g/mol. The summed E-state index contributed by atoms with van der Waals surface area (Å²) in [7, 11) is 0. The van der Waals surface area contributed by atoms with Gasteiger partial charge in [0.1, 0.15) is 5.75 Å². The first-order valence-corrected chi connectivity index (χ1v) is 10.7. The standard InChI is InChI=1S/C23H27F3N4O2/c1-18-16-29(20-4-6-21(7-5-20)32-23(24,25)26)17-30(18)22(19-8-10-27-11-9-19)31-15-14-28-12-2-3-13-28/h4-11,16,22H,2-3,12-15,17H2,1H3. The number of likely N-dealkylation sites (tertiary alicyclic amines) is 1. The molecule has 0 bridgehead atoms. The molecule has 0 spiro atoms. The van der Waals surface area contributed by atoms with Crippen molar-refractivity contribution in [2.75, 3.05) is 37.8 Å². The van der Waals surface area contributed by atoms with Gasteiger partial charge in [0.15, 0.2) is 6.23 Å². The topological polar surface area (TPSA) is 41.1 Å². The van der Waals surface area contributed by atoms with E-state index in [0.29, 0.717) is 13.3 Å². The van der Waals surface area contributed by atoms with E-state index in [2.05, 4.69) is 19.5 Å². The Balaban J connectivity index is 1.44. The SMILES string of the molecule is CC1=CN(c2ccc(OC(F)(F)F)cc2)CN1C(OCCN1CCCC1)c1ccncc1. The van der Waals surface area contributed by atoms with Crippen molar-refractivity contribution in [3.8, 4) is 5.75 Å². The van der Waals surface area contributed by atoms with Crippen LogP contribution in [0.3, 0.4) is 0 Å². The minimum absolute atomic E-state index is 0.238. The first-order chi connectivity index (χ1) is 15.4. The van der Waals surface area contributed by atoms with Gasteiger partial charge in [-0.15, -0.1) is 13.2 Å². The number of halogens is 3. The highest BCUT2D eigenvalue weighted by Crippen LogP contribution is 2.33. The van der Waals surface area contributed by atoms with Crippen molar-refractivity contribution >= 4 is 5.69 Å². The van der Waals surface area contributed by atoms with Crippen LogP contribution in [0.2, 0.25) is 0 Å². The maximum absolute atomic E-state index is 12.4. The number of rotatable bonds is 8. The van der Waals surface area contributed by atoms with E-state index < -0.39 is 6.36 Å². The number of aromatic nitrogens is 1. The highest BCUT2D eigenvalue weighted by Gasteiger charge is 2.31. The summed E-state index contributed by atoms with van der Waals surface area (Å²) in [6.07, 6.45) is 2.96. The number of nitrogens with zero attached hydrogens (tertiary/aromatic N) is 4. The molecule has 0 N–H and O–H groups in total. The van der Waals surface area contributed by atoms with E-state index in [1.165, 1.54) is 25.0 Å². The average Bonchev–Trinajstić information content (AvgIpc) is 3.41. The third kappa shape index (κ3) is 5.72. The van der Waals surface area contributed by atoms with Gasteiger partial charge in [-0.3, -0.25) is 4.98 Å². The highest BCUT2D eigenvalue weighted by atomic mass is 19.4. The molecule has 0 amide bonds. The fraction of sp³-hybridized carbons (Fsp3) is 0.435. The number of pyridine rings is 1. The normalized spacial score (nSPS) is 18.2. The summed E-state index contributed by atoms with van der Waals surface area (Å²) in [5.41, 5.74) is 2.78. The number of hydrogen-bond donors (Lipinski definition) is 0. The molecule has 0 saturated carbocycles. The van der Waals surface area contributed by atoms with E-state index >= 15 is 0 Å². The Morgan fingerprint density at radius 2 is 1.72 bits per heavy atom. The van der Waals surface area contributed by atoms with Gasteiger partial charge in [-0.2, -0.15) is 0 Å². The Labute approximate surface area is 185 Å². The van der Waals surface area contributed by atoms with E-state index in [1.807, 2.05) is 30.2 Å². The van der Waals surface area contributed by atoms with Crippen LogP contribution >= 0.6 is 0 Å². The molecule has 1 aromatic heterocycles. The summed E-state index contributed by atoms with van der Waals surface area (Å²) in [5.74, 6) is -0.238. The van der Waals surface area contributed by atoms with E-state index in [9.17, 15) is 13.2 Å². The minimum Gasteiger partial charge on any atom is -0.406 e. The smallest absolute Gasteiger partial charge is 0.406 e. The maximum atomic E-state index is 12.4. The number of allylic oxidation sites excluding steroid dienone is 1. The zero-order valence-corrected chi connectivity index (χ0v) is 18.0. The molecule has 1 aromatic carbocycles. The van der Waals surface area contributed by atoms with Crippen molar-refractivity contribution in [1.82, 2.24) is 14.8 Å². The highest BCUT2D eigenvalue weighted by molar-refractivity contribution is 5.53. The van der Waals surface area contributed by atoms with Gasteiger partial charge in [-0.05, 0) is 69.3 Å². The predicted octanol–water partition coefficient (Wildman–Crippen LogP) is 4.73. The van der Waals surface area contributed by atoms with Crippen molar-refractivity contribution in [2.45, 2.75) is 32.4 Å². The lowest BCUT2D eigenvalue weighted by molar-refractivity contribution is -0.274. The van der Waals surface area contributed by atoms with Crippen LogP contribution < -0.4 is 9.64 Å². The molecule has 1 atom stereocenters. The Morgan fingerprint density at radius 3 is 2.38 bits per heavy atom. The van der Waals surface area contributed by atoms with Crippen LogP contribution in [0.4, 0.5) is 18.9 Å². The van der Waals surface area contributed by atoms with Gasteiger partial charge in [-0.1, -0.05) is 0 Å². The first kappa shape index (κ1) is 22.4. The summed E-state index contributed by atoms with van der Waals surface area (Å²) in [4.78, 5) is 10.6. The Morgan fingerprint density at radius 1 is 1.03 bits per heavy atom. The second-order valence-electron chi connectivity index (χ2n) is 7.95. The van der Waals surface area contributed by atoms with Crippen molar-refractivity contribution in [1.29, 1.82) is 0 Å². The second kappa shape index (κ2) is 9.79. The van der Waals surface area contributed by atoms with Crippen molar-refractivity contribution in [3.05, 3.63) is 66.3 Å². The van der Waals surface area contributed by atoms with Crippen LogP contribution in [-0.4, -0.2) is 54.1 Å². The Bertz CT molecular complexity index is 900. The predicted molar refractivity (Wildman–Crippen MR) is 115 cm³/mol. The lowest BCUT2D eigenvalue weighted by Crippen LogP contribution is -2.34. The van der Waals surface area contributed by atoms with Crippen LogP contribution in [0.1, 0.15) is 31.6 Å².